The average Bonchev–Trinajstić information content (AvgIpc) is 3.86. The Balaban J connectivity index is 1.41. The maximum absolute atomic E-state index is 11.3. The molecule has 278 valence electrons. The highest BCUT2D eigenvalue weighted by Gasteiger charge is 2.39. The molecule has 1 fully saturated rings. The molecule has 0 spiro atoms. The van der Waals surface area contributed by atoms with E-state index in [0.29, 0.717) is 43.2 Å². The summed E-state index contributed by atoms with van der Waals surface area (Å²) in [6, 6.07) is 15.7. The summed E-state index contributed by atoms with van der Waals surface area (Å²) in [6.45, 7) is 22.0. The van der Waals surface area contributed by atoms with Gasteiger partial charge < -0.3 is 29.5 Å². The van der Waals surface area contributed by atoms with Crippen LogP contribution in [0, 0.1) is 11.8 Å². The minimum atomic E-state index is -0.999. The summed E-state index contributed by atoms with van der Waals surface area (Å²) in [5, 5.41) is 18.5. The van der Waals surface area contributed by atoms with Crippen molar-refractivity contribution in [3.63, 3.8) is 0 Å². The molecule has 0 bridgehead atoms. The third-order valence-electron chi connectivity index (χ3n) is 9.50. The summed E-state index contributed by atoms with van der Waals surface area (Å²) in [6.07, 6.45) is 6.63. The van der Waals surface area contributed by atoms with E-state index >= 15 is 0 Å². The number of aromatic carboxylic acids is 1. The molecule has 0 aliphatic heterocycles. The SMILES string of the molecule is C=N/C(=C\C=C(/C)C(=O)O)N(CC)c1ccc(OCC2CC2CC(C)Oc2cc(N(CC)c3ccc(C(=O)O)cn3)ccc2C(C)C)c(C(C)C)c1. The van der Waals surface area contributed by atoms with E-state index in [9.17, 15) is 19.8 Å². The third-order valence-corrected chi connectivity index (χ3v) is 9.50. The fourth-order valence-corrected chi connectivity index (χ4v) is 6.37. The number of carboxylic acid groups (broad SMARTS) is 2. The number of anilines is 3. The average molecular weight is 711 g/mol. The molecular formula is C42H54N4O6. The van der Waals surface area contributed by atoms with Crippen molar-refractivity contribution in [2.75, 3.05) is 29.5 Å². The van der Waals surface area contributed by atoms with Crippen LogP contribution in [-0.2, 0) is 4.79 Å². The standard InChI is InChI=1S/C42H54N4O6/c1-10-45(39(43-9)18-12-28(7)41(47)48)33-15-17-37(36(22-33)27(5)6)51-25-32-21-31(32)20-29(8)52-38-23-34(14-16-35(38)26(3)4)46(11-2)40-19-13-30(24-44-40)42(49)50/h12-19,22-24,26-27,29,31-32H,9-11,20-21,25H2,1-8H3,(H,47,48)(H,49,50)/b28-12+,39-18+. The second kappa shape index (κ2) is 17.9. The molecule has 0 radical (unpaired) electrons. The molecular weight excluding hydrogens is 656 g/mol. The maximum atomic E-state index is 11.3. The minimum absolute atomic E-state index is 0.00573. The first-order valence-electron chi connectivity index (χ1n) is 18.2. The number of carboxylic acids is 2. The van der Waals surface area contributed by atoms with Crippen LogP contribution in [0.4, 0.5) is 17.2 Å². The zero-order valence-corrected chi connectivity index (χ0v) is 31.8. The van der Waals surface area contributed by atoms with Crippen LogP contribution < -0.4 is 19.3 Å². The van der Waals surface area contributed by atoms with Gasteiger partial charge in [-0.1, -0.05) is 33.8 Å². The van der Waals surface area contributed by atoms with Gasteiger partial charge in [-0.25, -0.2) is 19.6 Å². The van der Waals surface area contributed by atoms with Crippen LogP contribution in [0.2, 0.25) is 0 Å². The van der Waals surface area contributed by atoms with Crippen molar-refractivity contribution in [2.45, 2.75) is 86.2 Å². The molecule has 3 aromatic rings. The van der Waals surface area contributed by atoms with Gasteiger partial charge in [0.05, 0.1) is 18.3 Å². The topological polar surface area (TPSA) is 125 Å². The highest BCUT2D eigenvalue weighted by atomic mass is 16.5. The molecule has 3 atom stereocenters. The van der Waals surface area contributed by atoms with Crippen LogP contribution in [0.15, 0.2) is 83.3 Å². The molecule has 10 nitrogen and oxygen atoms in total. The highest BCUT2D eigenvalue weighted by molar-refractivity contribution is 5.87. The van der Waals surface area contributed by atoms with Crippen LogP contribution in [0.25, 0.3) is 0 Å². The summed E-state index contributed by atoms with van der Waals surface area (Å²) in [5.74, 6) is 2.47. The first kappa shape index (κ1) is 39.7. The lowest BCUT2D eigenvalue weighted by atomic mass is 10.0. The van der Waals surface area contributed by atoms with Gasteiger partial charge in [0.2, 0.25) is 0 Å². The van der Waals surface area contributed by atoms with Gasteiger partial charge in [-0.15, -0.1) is 0 Å². The Morgan fingerprint density at radius 2 is 1.63 bits per heavy atom. The molecule has 1 aliphatic carbocycles. The van der Waals surface area contributed by atoms with Gasteiger partial charge in [-0.05, 0) is 131 Å². The number of hydrogen-bond donors (Lipinski definition) is 2. The molecule has 1 saturated carbocycles. The van der Waals surface area contributed by atoms with E-state index in [0.717, 1.165) is 46.8 Å². The number of carbonyl (C=O) groups is 2. The lowest BCUT2D eigenvalue weighted by molar-refractivity contribution is -0.132. The predicted molar refractivity (Wildman–Crippen MR) is 209 cm³/mol. The molecule has 1 aliphatic rings. The van der Waals surface area contributed by atoms with Gasteiger partial charge in [0.1, 0.15) is 23.1 Å². The molecule has 2 aromatic carbocycles. The third kappa shape index (κ3) is 10.0. The second-order valence-corrected chi connectivity index (χ2v) is 14.0. The van der Waals surface area contributed by atoms with Crippen molar-refractivity contribution in [3.05, 3.63) is 95.0 Å². The molecule has 52 heavy (non-hydrogen) atoms. The number of aliphatic imine (C=N–C) groups is 1. The molecule has 0 amide bonds. The Hall–Kier alpha value is -5.12. The van der Waals surface area contributed by atoms with Gasteiger partial charge in [0.25, 0.3) is 0 Å². The number of hydrogen-bond acceptors (Lipinski definition) is 8. The number of pyridine rings is 1. The lowest BCUT2D eigenvalue weighted by Gasteiger charge is -2.25. The van der Waals surface area contributed by atoms with Gasteiger partial charge in [-0.3, -0.25) is 0 Å². The van der Waals surface area contributed by atoms with Gasteiger partial charge in [0, 0.05) is 42.3 Å². The van der Waals surface area contributed by atoms with E-state index in [2.05, 4.69) is 75.6 Å². The van der Waals surface area contributed by atoms with Crippen molar-refractivity contribution in [1.29, 1.82) is 0 Å². The monoisotopic (exact) mass is 710 g/mol. The number of aromatic nitrogens is 1. The molecule has 2 N–H and O–H groups in total. The molecule has 4 rings (SSSR count). The Morgan fingerprint density at radius 3 is 2.21 bits per heavy atom. The molecule has 0 saturated heterocycles. The van der Waals surface area contributed by atoms with Crippen molar-refractivity contribution in [3.8, 4) is 11.5 Å². The van der Waals surface area contributed by atoms with Crippen LogP contribution in [0.3, 0.4) is 0 Å². The first-order chi connectivity index (χ1) is 24.8. The fraction of sp³-hybridized carbons (Fsp3) is 0.429. The Kier molecular flexibility index (Phi) is 13.6. The second-order valence-electron chi connectivity index (χ2n) is 14.0. The first-order valence-corrected chi connectivity index (χ1v) is 18.2. The van der Waals surface area contributed by atoms with Gasteiger partial charge in [-0.2, -0.15) is 0 Å². The van der Waals surface area contributed by atoms with E-state index < -0.39 is 11.9 Å². The largest absolute Gasteiger partial charge is 0.493 e. The number of rotatable bonds is 19. The van der Waals surface area contributed by atoms with Crippen molar-refractivity contribution >= 4 is 35.8 Å². The quantitative estimate of drug-likeness (QED) is 0.0711. The van der Waals surface area contributed by atoms with Gasteiger partial charge in [0.15, 0.2) is 0 Å². The van der Waals surface area contributed by atoms with Crippen molar-refractivity contribution in [1.82, 2.24) is 4.98 Å². The van der Waals surface area contributed by atoms with E-state index in [1.165, 1.54) is 6.20 Å². The van der Waals surface area contributed by atoms with Gasteiger partial charge >= 0.3 is 11.9 Å². The fourth-order valence-electron chi connectivity index (χ4n) is 6.37. The van der Waals surface area contributed by atoms with Crippen LogP contribution in [0.5, 0.6) is 11.5 Å². The van der Waals surface area contributed by atoms with E-state index in [1.807, 2.05) is 35.8 Å². The molecule has 3 unspecified atom stereocenters. The normalized spacial score (nSPS) is 16.4. The predicted octanol–water partition coefficient (Wildman–Crippen LogP) is 9.46. The van der Waals surface area contributed by atoms with Crippen molar-refractivity contribution in [2.24, 2.45) is 16.8 Å². The summed E-state index contributed by atoms with van der Waals surface area (Å²) >= 11 is 0. The Morgan fingerprint density at radius 1 is 0.923 bits per heavy atom. The molecule has 1 heterocycles. The zero-order chi connectivity index (χ0) is 38.1. The number of benzene rings is 2. The lowest BCUT2D eigenvalue weighted by Crippen LogP contribution is -2.21. The van der Waals surface area contributed by atoms with E-state index in [1.54, 1.807) is 31.2 Å². The number of aliphatic carboxylic acids is 1. The van der Waals surface area contributed by atoms with Crippen LogP contribution in [-0.4, -0.2) is 59.7 Å². The molecule has 10 heteroatoms. The number of nitrogens with zero attached hydrogens (tertiary/aromatic N) is 4. The molecule has 1 aromatic heterocycles. The summed E-state index contributed by atoms with van der Waals surface area (Å²) in [5.41, 5.74) is 4.49. The number of allylic oxidation sites excluding steroid dienone is 2. The Labute approximate surface area is 308 Å². The van der Waals surface area contributed by atoms with E-state index in [-0.39, 0.29) is 29.1 Å². The summed E-state index contributed by atoms with van der Waals surface area (Å²) in [7, 11) is 0. The maximum Gasteiger partial charge on any atom is 0.337 e. The summed E-state index contributed by atoms with van der Waals surface area (Å²) < 4.78 is 13.1. The number of ether oxygens (including phenoxy) is 2. The Bertz CT molecular complexity index is 1780. The van der Waals surface area contributed by atoms with Crippen LogP contribution in [0.1, 0.15) is 102 Å². The van der Waals surface area contributed by atoms with E-state index in [4.69, 9.17) is 9.47 Å². The summed E-state index contributed by atoms with van der Waals surface area (Å²) in [4.78, 5) is 35.2. The smallest absolute Gasteiger partial charge is 0.337 e. The van der Waals surface area contributed by atoms with Crippen LogP contribution >= 0.6 is 0 Å². The highest BCUT2D eigenvalue weighted by Crippen LogP contribution is 2.44. The van der Waals surface area contributed by atoms with Crippen molar-refractivity contribution < 1.29 is 29.3 Å². The zero-order valence-electron chi connectivity index (χ0n) is 31.8. The minimum Gasteiger partial charge on any atom is -0.493 e.